The molecule has 0 aromatic heterocycles. The molecule has 5 rings (SSSR count). The third-order valence-electron chi connectivity index (χ3n) is 6.41. The molecule has 2 heterocycles. The van der Waals surface area contributed by atoms with Crippen LogP contribution < -0.4 is 10.6 Å². The summed E-state index contributed by atoms with van der Waals surface area (Å²) in [4.78, 5) is 37.5. The molecule has 3 aliphatic rings. The first kappa shape index (κ1) is 21.5. The smallest absolute Gasteiger partial charge is 0.412 e. The van der Waals surface area contributed by atoms with Crippen LogP contribution in [0.5, 0.6) is 0 Å². The highest BCUT2D eigenvalue weighted by Crippen LogP contribution is 2.41. The summed E-state index contributed by atoms with van der Waals surface area (Å²) < 4.78 is 19.3. The van der Waals surface area contributed by atoms with Crippen LogP contribution in [0, 0.1) is 5.82 Å². The van der Waals surface area contributed by atoms with Crippen molar-refractivity contribution in [2.24, 2.45) is 0 Å². The number of rotatable bonds is 5. The largest absolute Gasteiger partial charge is 0.444 e. The second kappa shape index (κ2) is 8.57. The Labute approximate surface area is 189 Å². The molecule has 2 aromatic carbocycles. The average molecular weight is 453 g/mol. The van der Waals surface area contributed by atoms with Crippen LogP contribution in [0.4, 0.5) is 14.9 Å². The summed E-state index contributed by atoms with van der Waals surface area (Å²) in [7, 11) is 0. The van der Waals surface area contributed by atoms with E-state index in [0.717, 1.165) is 24.0 Å². The molecule has 0 spiro atoms. The minimum absolute atomic E-state index is 0.0613. The van der Waals surface area contributed by atoms with Gasteiger partial charge in [-0.05, 0) is 60.1 Å². The van der Waals surface area contributed by atoms with Gasteiger partial charge in [-0.2, -0.15) is 0 Å². The van der Waals surface area contributed by atoms with E-state index in [-0.39, 0.29) is 24.6 Å². The lowest BCUT2D eigenvalue weighted by Gasteiger charge is -2.31. The molecule has 3 amide bonds. The molecule has 9 heteroatoms. The zero-order valence-electron chi connectivity index (χ0n) is 17.8. The van der Waals surface area contributed by atoms with E-state index in [1.54, 1.807) is 29.2 Å². The van der Waals surface area contributed by atoms with Crippen molar-refractivity contribution in [1.29, 1.82) is 0 Å². The van der Waals surface area contributed by atoms with E-state index < -0.39 is 30.1 Å². The molecule has 2 aliphatic heterocycles. The number of piperidine rings is 1. The molecule has 2 atom stereocenters. The average Bonchev–Trinajstić information content (AvgIpc) is 3.59. The zero-order chi connectivity index (χ0) is 23.1. The van der Waals surface area contributed by atoms with Crippen molar-refractivity contribution in [3.63, 3.8) is 0 Å². The molecule has 1 saturated carbocycles. The molecule has 1 saturated heterocycles. The number of anilines is 1. The number of aliphatic hydroxyl groups is 1. The van der Waals surface area contributed by atoms with Gasteiger partial charge in [-0.1, -0.05) is 18.2 Å². The highest BCUT2D eigenvalue weighted by molar-refractivity contribution is 6.00. The van der Waals surface area contributed by atoms with E-state index in [1.165, 1.54) is 6.07 Å². The van der Waals surface area contributed by atoms with Gasteiger partial charge in [-0.25, -0.2) is 9.18 Å². The van der Waals surface area contributed by atoms with E-state index in [0.29, 0.717) is 30.0 Å². The van der Waals surface area contributed by atoms with E-state index >= 15 is 0 Å². The van der Waals surface area contributed by atoms with Gasteiger partial charge < -0.3 is 9.84 Å². The summed E-state index contributed by atoms with van der Waals surface area (Å²) in [6.07, 6.45) is 0.949. The fourth-order valence-electron chi connectivity index (χ4n) is 4.46. The predicted octanol–water partition coefficient (Wildman–Crippen LogP) is 3.06. The molecule has 8 nitrogen and oxygen atoms in total. The molecule has 2 fully saturated rings. The van der Waals surface area contributed by atoms with E-state index in [1.807, 2.05) is 6.07 Å². The number of carbonyl (C=O) groups excluding carboxylic acids is 3. The fraction of sp³-hybridized carbons (Fsp3) is 0.375. The number of nitrogens with one attached hydrogen (secondary N) is 2. The second-order valence-electron chi connectivity index (χ2n) is 8.76. The van der Waals surface area contributed by atoms with Crippen LogP contribution in [0.15, 0.2) is 36.4 Å². The third kappa shape index (κ3) is 4.46. The lowest BCUT2D eigenvalue weighted by Crippen LogP contribution is -2.51. The molecule has 2 unspecified atom stereocenters. The number of hydrogen-bond donors (Lipinski definition) is 3. The minimum Gasteiger partial charge on any atom is -0.444 e. The molecule has 0 bridgehead atoms. The number of imide groups is 1. The van der Waals surface area contributed by atoms with Crippen LogP contribution in [0.3, 0.4) is 0 Å². The highest BCUT2D eigenvalue weighted by Gasteiger charge is 2.39. The summed E-state index contributed by atoms with van der Waals surface area (Å²) in [5.41, 5.74) is 3.23. The Bertz CT molecular complexity index is 1130. The SMILES string of the molecule is O=C1CCC(N2Cc3ccc(COC(=O)Nc4cc(C5CC5)ccc4F)cc3C2O)C(=O)N1. The number of ether oxygens (including phenoxy) is 1. The maximum Gasteiger partial charge on any atom is 0.412 e. The Hall–Kier alpha value is -3.30. The van der Waals surface area contributed by atoms with Crippen LogP contribution in [0.2, 0.25) is 0 Å². The maximum absolute atomic E-state index is 14.1. The summed E-state index contributed by atoms with van der Waals surface area (Å²) in [5.74, 6) is -0.805. The first-order valence-corrected chi connectivity index (χ1v) is 11.0. The van der Waals surface area contributed by atoms with Crippen molar-refractivity contribution in [2.45, 2.75) is 57.0 Å². The molecule has 2 aromatic rings. The van der Waals surface area contributed by atoms with Crippen molar-refractivity contribution in [3.8, 4) is 0 Å². The maximum atomic E-state index is 14.1. The Morgan fingerprint density at radius 3 is 2.76 bits per heavy atom. The number of halogens is 1. The fourth-order valence-corrected chi connectivity index (χ4v) is 4.46. The first-order chi connectivity index (χ1) is 15.9. The van der Waals surface area contributed by atoms with Gasteiger partial charge in [0, 0.05) is 18.5 Å². The monoisotopic (exact) mass is 453 g/mol. The van der Waals surface area contributed by atoms with Crippen LogP contribution >= 0.6 is 0 Å². The van der Waals surface area contributed by atoms with Crippen LogP contribution in [-0.2, 0) is 27.5 Å². The minimum atomic E-state index is -1.00. The van der Waals surface area contributed by atoms with Crippen molar-refractivity contribution in [3.05, 3.63) is 64.5 Å². The summed E-state index contributed by atoms with van der Waals surface area (Å²) in [6.45, 7) is 0.315. The topological polar surface area (TPSA) is 108 Å². The van der Waals surface area contributed by atoms with Crippen LogP contribution in [0.1, 0.15) is 60.1 Å². The summed E-state index contributed by atoms with van der Waals surface area (Å²) in [6, 6.07) is 9.46. The Kier molecular flexibility index (Phi) is 5.59. The van der Waals surface area contributed by atoms with Crippen molar-refractivity contribution >= 4 is 23.6 Å². The number of aliphatic hydroxyl groups excluding tert-OH is 1. The molecule has 172 valence electrons. The number of amides is 3. The molecule has 1 aliphatic carbocycles. The molecule has 0 radical (unpaired) electrons. The summed E-state index contributed by atoms with van der Waals surface area (Å²) in [5, 5.41) is 15.5. The van der Waals surface area contributed by atoms with E-state index in [9.17, 15) is 23.9 Å². The lowest BCUT2D eigenvalue weighted by molar-refractivity contribution is -0.141. The standard InChI is InChI=1S/C24H24FN3O5/c25-18-6-5-15(14-3-4-14)10-19(18)26-24(32)33-12-13-1-2-16-11-28(23(31)17(16)9-13)20-7-8-21(29)27-22(20)30/h1-2,5-6,9-10,14,20,23,31H,3-4,7-8,11-12H2,(H,26,32)(H,27,29,30). The van der Waals surface area contributed by atoms with Gasteiger partial charge in [0.25, 0.3) is 0 Å². The molecular weight excluding hydrogens is 429 g/mol. The van der Waals surface area contributed by atoms with Crippen molar-refractivity contribution < 1.29 is 28.6 Å². The van der Waals surface area contributed by atoms with Gasteiger partial charge in [0.2, 0.25) is 11.8 Å². The van der Waals surface area contributed by atoms with Crippen molar-refractivity contribution in [1.82, 2.24) is 10.2 Å². The van der Waals surface area contributed by atoms with Crippen LogP contribution in [-0.4, -0.2) is 34.0 Å². The normalized spacial score (nSPS) is 22.6. The molecule has 33 heavy (non-hydrogen) atoms. The predicted molar refractivity (Wildman–Crippen MR) is 115 cm³/mol. The summed E-state index contributed by atoms with van der Waals surface area (Å²) >= 11 is 0. The van der Waals surface area contributed by atoms with Gasteiger partial charge in [-0.3, -0.25) is 25.1 Å². The van der Waals surface area contributed by atoms with Crippen LogP contribution in [0.25, 0.3) is 0 Å². The Morgan fingerprint density at radius 2 is 2.00 bits per heavy atom. The van der Waals surface area contributed by atoms with Gasteiger partial charge >= 0.3 is 6.09 Å². The number of benzene rings is 2. The van der Waals surface area contributed by atoms with Gasteiger partial charge in [0.15, 0.2) is 0 Å². The number of hydrogen-bond acceptors (Lipinski definition) is 6. The number of fused-ring (bicyclic) bond motifs is 1. The van der Waals surface area contributed by atoms with Gasteiger partial charge in [0.1, 0.15) is 18.7 Å². The van der Waals surface area contributed by atoms with Gasteiger partial charge in [-0.15, -0.1) is 0 Å². The highest BCUT2D eigenvalue weighted by atomic mass is 19.1. The Morgan fingerprint density at radius 1 is 1.18 bits per heavy atom. The number of carbonyl (C=O) groups is 3. The first-order valence-electron chi connectivity index (χ1n) is 11.0. The quantitative estimate of drug-likeness (QED) is 0.601. The zero-order valence-corrected chi connectivity index (χ0v) is 17.8. The Balaban J connectivity index is 1.21. The van der Waals surface area contributed by atoms with E-state index in [2.05, 4.69) is 10.6 Å². The molecular formula is C24H24FN3O5. The molecule has 3 N–H and O–H groups in total. The second-order valence-corrected chi connectivity index (χ2v) is 8.76. The van der Waals surface area contributed by atoms with E-state index in [4.69, 9.17) is 4.74 Å². The van der Waals surface area contributed by atoms with Gasteiger partial charge in [0.05, 0.1) is 11.7 Å². The third-order valence-corrected chi connectivity index (χ3v) is 6.41. The van der Waals surface area contributed by atoms with Crippen molar-refractivity contribution in [2.75, 3.05) is 5.32 Å². The lowest BCUT2D eigenvalue weighted by atomic mass is 10.0. The number of nitrogens with zero attached hydrogens (tertiary/aromatic N) is 1.